The van der Waals surface area contributed by atoms with Crippen molar-refractivity contribution in [3.63, 3.8) is 0 Å². The van der Waals surface area contributed by atoms with E-state index in [0.717, 1.165) is 22.2 Å². The first kappa shape index (κ1) is 13.4. The number of halogens is 2. The fourth-order valence-corrected chi connectivity index (χ4v) is 3.72. The van der Waals surface area contributed by atoms with Gasteiger partial charge >= 0.3 is 0 Å². The Labute approximate surface area is 127 Å². The van der Waals surface area contributed by atoms with E-state index in [1.807, 2.05) is 0 Å². The first-order valence-corrected chi connectivity index (χ1v) is 8.26. The third kappa shape index (κ3) is 2.11. The fraction of sp³-hybridized carbons (Fsp3) is 0.533. The Morgan fingerprint density at radius 2 is 2.21 bits per heavy atom. The van der Waals surface area contributed by atoms with E-state index in [1.54, 1.807) is 0 Å². The lowest BCUT2D eigenvalue weighted by Gasteiger charge is -2.44. The van der Waals surface area contributed by atoms with Crippen LogP contribution in [0.15, 0.2) is 22.7 Å². The van der Waals surface area contributed by atoms with E-state index in [2.05, 4.69) is 45.6 Å². The molecule has 0 radical (unpaired) electrons. The van der Waals surface area contributed by atoms with Crippen molar-refractivity contribution in [2.75, 3.05) is 5.88 Å². The molecule has 3 rings (SSSR count). The zero-order valence-electron chi connectivity index (χ0n) is 11.1. The molecule has 1 aliphatic carbocycles. The van der Waals surface area contributed by atoms with Gasteiger partial charge in [-0.2, -0.15) is 0 Å². The number of aryl methyl sites for hydroxylation is 1. The highest BCUT2D eigenvalue weighted by Gasteiger charge is 2.39. The molecule has 1 aromatic carbocycles. The van der Waals surface area contributed by atoms with E-state index in [1.165, 1.54) is 31.2 Å². The van der Waals surface area contributed by atoms with E-state index >= 15 is 0 Å². The van der Waals surface area contributed by atoms with Crippen LogP contribution in [0.3, 0.4) is 0 Å². The Morgan fingerprint density at radius 1 is 1.42 bits per heavy atom. The molecule has 1 aromatic heterocycles. The van der Waals surface area contributed by atoms with Crippen molar-refractivity contribution in [3.8, 4) is 0 Å². The number of rotatable bonds is 4. The molecule has 1 saturated carbocycles. The number of hydrogen-bond acceptors (Lipinski definition) is 1. The summed E-state index contributed by atoms with van der Waals surface area (Å²) in [6.07, 6.45) is 5.85. The van der Waals surface area contributed by atoms with Gasteiger partial charge in [0.05, 0.1) is 11.0 Å². The van der Waals surface area contributed by atoms with Crippen molar-refractivity contribution >= 4 is 38.6 Å². The monoisotopic (exact) mass is 340 g/mol. The predicted octanol–water partition coefficient (Wildman–Crippen LogP) is 4.87. The first-order valence-electron chi connectivity index (χ1n) is 6.93. The van der Waals surface area contributed by atoms with Crippen LogP contribution in [0.1, 0.15) is 38.4 Å². The van der Waals surface area contributed by atoms with Gasteiger partial charge in [0.2, 0.25) is 0 Å². The van der Waals surface area contributed by atoms with E-state index in [-0.39, 0.29) is 5.54 Å². The van der Waals surface area contributed by atoms with Crippen molar-refractivity contribution in [2.24, 2.45) is 0 Å². The van der Waals surface area contributed by atoms with Crippen LogP contribution in [0.4, 0.5) is 0 Å². The van der Waals surface area contributed by atoms with Gasteiger partial charge in [-0.05, 0) is 43.9 Å². The molecule has 0 amide bonds. The third-order valence-corrected chi connectivity index (χ3v) is 5.10. The second kappa shape index (κ2) is 5.10. The zero-order chi connectivity index (χ0) is 13.5. The van der Waals surface area contributed by atoms with Gasteiger partial charge in [0.15, 0.2) is 0 Å². The first-order chi connectivity index (χ1) is 9.20. The van der Waals surface area contributed by atoms with Gasteiger partial charge in [-0.15, -0.1) is 11.6 Å². The Morgan fingerprint density at radius 3 is 2.79 bits per heavy atom. The van der Waals surface area contributed by atoms with Crippen LogP contribution < -0.4 is 0 Å². The summed E-state index contributed by atoms with van der Waals surface area (Å²) < 4.78 is 3.59. The maximum absolute atomic E-state index is 5.96. The molecule has 2 aromatic rings. The van der Waals surface area contributed by atoms with Crippen LogP contribution in [0, 0.1) is 0 Å². The summed E-state index contributed by atoms with van der Waals surface area (Å²) in [5, 5.41) is 0. The molecule has 2 nitrogen and oxygen atoms in total. The number of benzene rings is 1. The molecule has 0 bridgehead atoms. The Balaban J connectivity index is 2.23. The van der Waals surface area contributed by atoms with E-state index in [0.29, 0.717) is 5.88 Å². The maximum atomic E-state index is 5.96. The minimum atomic E-state index is 0.275. The van der Waals surface area contributed by atoms with Crippen molar-refractivity contribution < 1.29 is 0 Å². The van der Waals surface area contributed by atoms with Crippen molar-refractivity contribution in [2.45, 2.75) is 44.6 Å². The summed E-state index contributed by atoms with van der Waals surface area (Å²) in [5.41, 5.74) is 2.61. The van der Waals surface area contributed by atoms with E-state index in [9.17, 15) is 0 Å². The number of nitrogens with zero attached hydrogens (tertiary/aromatic N) is 2. The largest absolute Gasteiger partial charge is 0.322 e. The van der Waals surface area contributed by atoms with Crippen LogP contribution in [0.5, 0.6) is 0 Å². The smallest absolute Gasteiger partial charge is 0.111 e. The molecule has 0 aliphatic heterocycles. The lowest BCUT2D eigenvalue weighted by Crippen LogP contribution is -2.41. The minimum absolute atomic E-state index is 0.275. The van der Waals surface area contributed by atoms with Gasteiger partial charge in [-0.1, -0.05) is 22.9 Å². The maximum Gasteiger partial charge on any atom is 0.111 e. The number of hydrogen-bond donors (Lipinski definition) is 0. The highest BCUT2D eigenvalue weighted by atomic mass is 79.9. The highest BCUT2D eigenvalue weighted by Crippen LogP contribution is 2.45. The minimum Gasteiger partial charge on any atom is -0.322 e. The topological polar surface area (TPSA) is 17.8 Å². The fourth-order valence-electron chi connectivity index (χ4n) is 3.20. The van der Waals surface area contributed by atoms with Crippen LogP contribution in [0.2, 0.25) is 0 Å². The lowest BCUT2D eigenvalue weighted by molar-refractivity contribution is 0.137. The number of aromatic nitrogens is 2. The quantitative estimate of drug-likeness (QED) is 0.725. The van der Waals surface area contributed by atoms with Crippen LogP contribution in [0.25, 0.3) is 11.0 Å². The van der Waals surface area contributed by atoms with E-state index < -0.39 is 0 Å². The number of fused-ring (bicyclic) bond motifs is 1. The molecule has 0 spiro atoms. The van der Waals surface area contributed by atoms with Gasteiger partial charge in [0, 0.05) is 22.3 Å². The molecule has 0 saturated heterocycles. The summed E-state index contributed by atoms with van der Waals surface area (Å²) in [4.78, 5) is 4.80. The standard InChI is InChI=1S/C15H18BrClN2/c1-2-15(7-3-8-15)19-13-10-11(16)4-5-12(13)18-14(19)6-9-17/h4-5,10H,2-3,6-9H2,1H3. The molecule has 0 N–H and O–H groups in total. The zero-order valence-corrected chi connectivity index (χ0v) is 13.5. The summed E-state index contributed by atoms with van der Waals surface area (Å²) in [6.45, 7) is 2.29. The molecular formula is C15H18BrClN2. The highest BCUT2D eigenvalue weighted by molar-refractivity contribution is 9.10. The second-order valence-corrected chi connectivity index (χ2v) is 6.66. The van der Waals surface area contributed by atoms with Gasteiger partial charge in [-0.25, -0.2) is 4.98 Å². The molecule has 1 fully saturated rings. The molecule has 102 valence electrons. The van der Waals surface area contributed by atoms with Crippen molar-refractivity contribution in [1.82, 2.24) is 9.55 Å². The van der Waals surface area contributed by atoms with Gasteiger partial charge in [0.25, 0.3) is 0 Å². The molecule has 0 unspecified atom stereocenters. The van der Waals surface area contributed by atoms with Crippen LogP contribution in [-0.2, 0) is 12.0 Å². The van der Waals surface area contributed by atoms with Crippen LogP contribution >= 0.6 is 27.5 Å². The Bertz CT molecular complexity index is 596. The molecule has 4 heteroatoms. The second-order valence-electron chi connectivity index (χ2n) is 5.37. The summed E-state index contributed by atoms with van der Waals surface area (Å²) in [5.74, 6) is 1.77. The van der Waals surface area contributed by atoms with Crippen molar-refractivity contribution in [3.05, 3.63) is 28.5 Å². The SMILES string of the molecule is CCC1(n2c(CCCl)nc3ccc(Br)cc32)CCC1. The molecule has 0 atom stereocenters. The molecule has 1 heterocycles. The summed E-state index contributed by atoms with van der Waals surface area (Å²) in [7, 11) is 0. The number of imidazole rings is 1. The summed E-state index contributed by atoms with van der Waals surface area (Å²) in [6, 6.07) is 6.34. The Hall–Kier alpha value is -0.540. The average Bonchev–Trinajstić information content (AvgIpc) is 2.68. The molecule has 19 heavy (non-hydrogen) atoms. The normalized spacial score (nSPS) is 17.6. The molecule has 1 aliphatic rings. The van der Waals surface area contributed by atoms with Crippen molar-refractivity contribution in [1.29, 1.82) is 0 Å². The summed E-state index contributed by atoms with van der Waals surface area (Å²) >= 11 is 9.54. The molecular weight excluding hydrogens is 324 g/mol. The Kier molecular flexibility index (Phi) is 3.61. The average molecular weight is 342 g/mol. The third-order valence-electron chi connectivity index (χ3n) is 4.42. The van der Waals surface area contributed by atoms with E-state index in [4.69, 9.17) is 16.6 Å². The van der Waals surface area contributed by atoms with Gasteiger partial charge < -0.3 is 4.57 Å². The van der Waals surface area contributed by atoms with Gasteiger partial charge in [-0.3, -0.25) is 0 Å². The van der Waals surface area contributed by atoms with Gasteiger partial charge in [0.1, 0.15) is 5.82 Å². The predicted molar refractivity (Wildman–Crippen MR) is 84.0 cm³/mol. The van der Waals surface area contributed by atoms with Crippen LogP contribution in [-0.4, -0.2) is 15.4 Å². The lowest BCUT2D eigenvalue weighted by atomic mass is 9.74. The number of alkyl halides is 1.